The second-order valence-corrected chi connectivity index (χ2v) is 2.43. The fourth-order valence-electron chi connectivity index (χ4n) is 0.554. The van der Waals surface area contributed by atoms with Gasteiger partial charge in [0.25, 0.3) is 5.95 Å². The maximum absolute atomic E-state index is 3.98. The van der Waals surface area contributed by atoms with Crippen molar-refractivity contribution in [2.24, 2.45) is 12.0 Å². The smallest absolute Gasteiger partial charge is 0.269 e. The summed E-state index contributed by atoms with van der Waals surface area (Å²) < 4.78 is 1.61. The van der Waals surface area contributed by atoms with Crippen molar-refractivity contribution in [1.29, 1.82) is 0 Å². The highest BCUT2D eigenvalue weighted by molar-refractivity contribution is 5.57. The van der Waals surface area contributed by atoms with Crippen LogP contribution >= 0.6 is 0 Å². The number of aromatic nitrogens is 3. The molecule has 0 radical (unpaired) electrons. The molecule has 0 N–H and O–H groups in total. The Bertz CT molecular complexity index is 249. The van der Waals surface area contributed by atoms with E-state index in [1.807, 2.05) is 26.0 Å². The summed E-state index contributed by atoms with van der Waals surface area (Å²) in [7, 11) is 5.60. The molecule has 0 saturated heterocycles. The zero-order valence-electron chi connectivity index (χ0n) is 6.89. The van der Waals surface area contributed by atoms with Crippen molar-refractivity contribution in [2.45, 2.75) is 0 Å². The minimum atomic E-state index is 0.487. The van der Waals surface area contributed by atoms with Crippen molar-refractivity contribution >= 4 is 12.3 Å². The van der Waals surface area contributed by atoms with Gasteiger partial charge in [0.1, 0.15) is 6.33 Å². The molecule has 1 aromatic rings. The fraction of sp³-hybridized carbons (Fsp3) is 0.500. The molecule has 0 saturated carbocycles. The molecule has 5 heteroatoms. The van der Waals surface area contributed by atoms with Crippen LogP contribution in [0.3, 0.4) is 0 Å². The summed E-state index contributed by atoms with van der Waals surface area (Å²) in [6.45, 7) is 0. The summed E-state index contributed by atoms with van der Waals surface area (Å²) in [6.07, 6.45) is 3.28. The SMILES string of the molecule is CN(C)C=Nc1ncn(C)n1. The van der Waals surface area contributed by atoms with Crippen LogP contribution < -0.4 is 0 Å². The Morgan fingerprint density at radius 2 is 2.36 bits per heavy atom. The van der Waals surface area contributed by atoms with E-state index in [-0.39, 0.29) is 0 Å². The average Bonchev–Trinajstić information content (AvgIpc) is 2.31. The summed E-state index contributed by atoms with van der Waals surface area (Å²) in [5, 5.41) is 3.96. The lowest BCUT2D eigenvalue weighted by atomic mass is 10.9. The van der Waals surface area contributed by atoms with E-state index in [1.54, 1.807) is 17.3 Å². The van der Waals surface area contributed by atoms with Crippen molar-refractivity contribution in [1.82, 2.24) is 19.7 Å². The van der Waals surface area contributed by atoms with Crippen molar-refractivity contribution in [3.8, 4) is 0 Å². The first-order valence-corrected chi connectivity index (χ1v) is 3.25. The van der Waals surface area contributed by atoms with E-state index in [0.29, 0.717) is 5.95 Å². The third kappa shape index (κ3) is 2.37. The number of rotatable bonds is 2. The average molecular weight is 153 g/mol. The first-order chi connectivity index (χ1) is 5.18. The van der Waals surface area contributed by atoms with E-state index in [4.69, 9.17) is 0 Å². The van der Waals surface area contributed by atoms with Gasteiger partial charge in [-0.1, -0.05) is 0 Å². The lowest BCUT2D eigenvalue weighted by Crippen LogP contribution is -2.07. The molecule has 0 aliphatic rings. The Kier molecular flexibility index (Phi) is 2.20. The first kappa shape index (κ1) is 7.71. The third-order valence-electron chi connectivity index (χ3n) is 0.992. The molecule has 1 heterocycles. The van der Waals surface area contributed by atoms with Gasteiger partial charge in [-0.25, -0.2) is 4.99 Å². The molecule has 1 rings (SSSR count). The number of aryl methyl sites for hydroxylation is 1. The number of hydrogen-bond acceptors (Lipinski definition) is 3. The quantitative estimate of drug-likeness (QED) is 0.445. The molecule has 11 heavy (non-hydrogen) atoms. The molecule has 0 spiro atoms. The molecule has 0 fully saturated rings. The highest BCUT2D eigenvalue weighted by Gasteiger charge is 1.91. The van der Waals surface area contributed by atoms with Gasteiger partial charge in [-0.2, -0.15) is 4.98 Å². The molecule has 0 aliphatic carbocycles. The summed E-state index contributed by atoms with van der Waals surface area (Å²) in [6, 6.07) is 0. The second kappa shape index (κ2) is 3.14. The lowest BCUT2D eigenvalue weighted by Gasteiger charge is -1.99. The van der Waals surface area contributed by atoms with Crippen LogP contribution in [-0.2, 0) is 7.05 Å². The van der Waals surface area contributed by atoms with E-state index in [0.717, 1.165) is 0 Å². The Morgan fingerprint density at radius 3 is 2.82 bits per heavy atom. The Morgan fingerprint density at radius 1 is 1.64 bits per heavy atom. The molecule has 5 nitrogen and oxygen atoms in total. The number of aliphatic imine (C=N–C) groups is 1. The lowest BCUT2D eigenvalue weighted by molar-refractivity contribution is 0.642. The van der Waals surface area contributed by atoms with Gasteiger partial charge in [0.15, 0.2) is 0 Å². The van der Waals surface area contributed by atoms with Crippen LogP contribution in [0.25, 0.3) is 0 Å². The highest BCUT2D eigenvalue weighted by atomic mass is 15.4. The summed E-state index contributed by atoms with van der Waals surface area (Å²) in [4.78, 5) is 9.73. The molecule has 0 aliphatic heterocycles. The van der Waals surface area contributed by atoms with E-state index in [1.165, 1.54) is 0 Å². The van der Waals surface area contributed by atoms with Gasteiger partial charge in [0, 0.05) is 21.1 Å². The molecular weight excluding hydrogens is 142 g/mol. The number of nitrogens with zero attached hydrogens (tertiary/aromatic N) is 5. The third-order valence-corrected chi connectivity index (χ3v) is 0.992. The van der Waals surface area contributed by atoms with Gasteiger partial charge in [-0.3, -0.25) is 4.68 Å². The molecule has 0 unspecified atom stereocenters. The molecule has 0 bridgehead atoms. The minimum Gasteiger partial charge on any atom is -0.369 e. The predicted molar refractivity (Wildman–Crippen MR) is 42.8 cm³/mol. The maximum atomic E-state index is 3.98. The molecule has 1 aromatic heterocycles. The first-order valence-electron chi connectivity index (χ1n) is 3.25. The van der Waals surface area contributed by atoms with E-state index in [2.05, 4.69) is 15.1 Å². The van der Waals surface area contributed by atoms with Gasteiger partial charge in [-0.05, 0) is 0 Å². The molecular formula is C6H11N5. The second-order valence-electron chi connectivity index (χ2n) is 2.43. The van der Waals surface area contributed by atoms with Crippen LogP contribution in [0.2, 0.25) is 0 Å². The van der Waals surface area contributed by atoms with Gasteiger partial charge >= 0.3 is 0 Å². The van der Waals surface area contributed by atoms with Crippen LogP contribution in [0, 0.1) is 0 Å². The van der Waals surface area contributed by atoms with Crippen molar-refractivity contribution in [3.05, 3.63) is 6.33 Å². The van der Waals surface area contributed by atoms with Crippen LogP contribution in [0.5, 0.6) is 0 Å². The maximum Gasteiger partial charge on any atom is 0.269 e. The van der Waals surface area contributed by atoms with Crippen molar-refractivity contribution in [2.75, 3.05) is 14.1 Å². The predicted octanol–water partition coefficient (Wildman–Crippen LogP) is 0.0365. The van der Waals surface area contributed by atoms with Crippen LogP contribution in [-0.4, -0.2) is 40.1 Å². The van der Waals surface area contributed by atoms with E-state index in [9.17, 15) is 0 Å². The van der Waals surface area contributed by atoms with Crippen molar-refractivity contribution in [3.63, 3.8) is 0 Å². The Hall–Kier alpha value is -1.39. The molecule has 60 valence electrons. The monoisotopic (exact) mass is 153 g/mol. The molecule has 0 aromatic carbocycles. The van der Waals surface area contributed by atoms with Crippen LogP contribution in [0.15, 0.2) is 11.3 Å². The summed E-state index contributed by atoms with van der Waals surface area (Å²) >= 11 is 0. The number of hydrogen-bond donors (Lipinski definition) is 0. The van der Waals surface area contributed by atoms with Crippen LogP contribution in [0.1, 0.15) is 0 Å². The Labute approximate surface area is 65.4 Å². The summed E-state index contributed by atoms with van der Waals surface area (Å²) in [5.41, 5.74) is 0. The standard InChI is InChI=1S/C6H11N5/c1-10(2)4-7-6-8-5-11(3)9-6/h4-5H,1-3H3. The van der Waals surface area contributed by atoms with Gasteiger partial charge < -0.3 is 4.90 Å². The zero-order valence-corrected chi connectivity index (χ0v) is 6.89. The van der Waals surface area contributed by atoms with Crippen molar-refractivity contribution < 1.29 is 0 Å². The van der Waals surface area contributed by atoms with E-state index >= 15 is 0 Å². The highest BCUT2D eigenvalue weighted by Crippen LogP contribution is 1.97. The summed E-state index contributed by atoms with van der Waals surface area (Å²) in [5.74, 6) is 0.487. The minimum absolute atomic E-state index is 0.487. The topological polar surface area (TPSA) is 46.3 Å². The van der Waals surface area contributed by atoms with Crippen LogP contribution in [0.4, 0.5) is 5.95 Å². The van der Waals surface area contributed by atoms with Gasteiger partial charge in [0.2, 0.25) is 0 Å². The largest absolute Gasteiger partial charge is 0.369 e. The van der Waals surface area contributed by atoms with E-state index < -0.39 is 0 Å². The Balaban J connectivity index is 2.64. The normalized spacial score (nSPS) is 10.8. The van der Waals surface area contributed by atoms with Gasteiger partial charge in [-0.15, -0.1) is 5.10 Å². The molecule has 0 atom stereocenters. The zero-order chi connectivity index (χ0) is 8.27. The van der Waals surface area contributed by atoms with Gasteiger partial charge in [0.05, 0.1) is 6.34 Å². The fourth-order valence-corrected chi connectivity index (χ4v) is 0.554. The molecule has 0 amide bonds.